The van der Waals surface area contributed by atoms with E-state index in [0.717, 1.165) is 35.6 Å². The Morgan fingerprint density at radius 1 is 0.846 bits per heavy atom. The lowest BCUT2D eigenvalue weighted by Crippen LogP contribution is -2.06. The summed E-state index contributed by atoms with van der Waals surface area (Å²) in [7, 11) is 0. The second-order valence-electron chi connectivity index (χ2n) is 6.46. The van der Waals surface area contributed by atoms with Crippen molar-refractivity contribution in [2.75, 3.05) is 6.61 Å². The van der Waals surface area contributed by atoms with Gasteiger partial charge in [-0.05, 0) is 37.6 Å². The first-order valence-electron chi connectivity index (χ1n) is 9.01. The molecular weight excluding hydrogens is 320 g/mol. The summed E-state index contributed by atoms with van der Waals surface area (Å²) < 4.78 is 8.18. The van der Waals surface area contributed by atoms with Gasteiger partial charge in [-0.15, -0.1) is 0 Å². The first-order valence-corrected chi connectivity index (χ1v) is 9.01. The second kappa shape index (κ2) is 7.44. The largest absolute Gasteiger partial charge is 0.494 e. The summed E-state index contributed by atoms with van der Waals surface area (Å²) in [6.45, 7) is 3.64. The number of aryl methyl sites for hydroxylation is 2. The normalized spacial score (nSPS) is 11.0. The molecule has 0 atom stereocenters. The van der Waals surface area contributed by atoms with Crippen LogP contribution >= 0.6 is 0 Å². The molecule has 3 nitrogen and oxygen atoms in total. The van der Waals surface area contributed by atoms with Crippen LogP contribution in [0.3, 0.4) is 0 Å². The number of rotatable bonds is 6. The standard InChI is InChI=1S/C23H22N2O/c1-18-12-14-20(15-13-18)26-17-7-16-25-22-11-6-5-10-21(22)24-23(25)19-8-3-2-4-9-19/h2-6,8-15H,7,16-17H2,1H3. The van der Waals surface area contributed by atoms with E-state index in [9.17, 15) is 0 Å². The summed E-state index contributed by atoms with van der Waals surface area (Å²) in [6, 6.07) is 26.9. The minimum Gasteiger partial charge on any atom is -0.494 e. The van der Waals surface area contributed by atoms with Crippen molar-refractivity contribution in [2.24, 2.45) is 0 Å². The molecule has 0 N–H and O–H groups in total. The van der Waals surface area contributed by atoms with Crippen LogP contribution in [-0.4, -0.2) is 16.2 Å². The maximum absolute atomic E-state index is 5.88. The first kappa shape index (κ1) is 16.4. The van der Waals surface area contributed by atoms with Gasteiger partial charge in [-0.25, -0.2) is 4.98 Å². The molecule has 0 saturated carbocycles. The Balaban J connectivity index is 1.52. The number of hydrogen-bond acceptors (Lipinski definition) is 2. The van der Waals surface area contributed by atoms with Crippen molar-refractivity contribution in [3.63, 3.8) is 0 Å². The van der Waals surface area contributed by atoms with Crippen molar-refractivity contribution in [2.45, 2.75) is 19.9 Å². The van der Waals surface area contributed by atoms with Gasteiger partial charge in [0.25, 0.3) is 0 Å². The van der Waals surface area contributed by atoms with E-state index in [2.05, 4.69) is 66.1 Å². The summed E-state index contributed by atoms with van der Waals surface area (Å²) in [5.74, 6) is 1.94. The zero-order chi connectivity index (χ0) is 17.8. The molecule has 0 aliphatic heterocycles. The van der Waals surface area contributed by atoms with Crippen molar-refractivity contribution < 1.29 is 4.74 Å². The number of hydrogen-bond donors (Lipinski definition) is 0. The average molecular weight is 342 g/mol. The molecule has 3 aromatic carbocycles. The highest BCUT2D eigenvalue weighted by molar-refractivity contribution is 5.80. The highest BCUT2D eigenvalue weighted by Crippen LogP contribution is 2.25. The van der Waals surface area contributed by atoms with Crippen LogP contribution in [0.15, 0.2) is 78.9 Å². The topological polar surface area (TPSA) is 27.1 Å². The molecule has 0 radical (unpaired) electrons. The summed E-state index contributed by atoms with van der Waals surface area (Å²) in [5.41, 5.74) is 4.59. The fourth-order valence-corrected chi connectivity index (χ4v) is 3.16. The van der Waals surface area contributed by atoms with Crippen LogP contribution in [0.25, 0.3) is 22.4 Å². The Labute approximate surface area is 153 Å². The second-order valence-corrected chi connectivity index (χ2v) is 6.46. The third kappa shape index (κ3) is 3.47. The van der Waals surface area contributed by atoms with Gasteiger partial charge in [-0.1, -0.05) is 60.2 Å². The van der Waals surface area contributed by atoms with Gasteiger partial charge < -0.3 is 9.30 Å². The predicted octanol–water partition coefficient (Wildman–Crippen LogP) is 5.48. The smallest absolute Gasteiger partial charge is 0.141 e. The van der Waals surface area contributed by atoms with Crippen molar-refractivity contribution in [3.05, 3.63) is 84.4 Å². The van der Waals surface area contributed by atoms with E-state index >= 15 is 0 Å². The predicted molar refractivity (Wildman–Crippen MR) is 106 cm³/mol. The van der Waals surface area contributed by atoms with Gasteiger partial charge in [-0.3, -0.25) is 0 Å². The van der Waals surface area contributed by atoms with Gasteiger partial charge in [0.05, 0.1) is 17.6 Å². The zero-order valence-electron chi connectivity index (χ0n) is 14.9. The van der Waals surface area contributed by atoms with Crippen LogP contribution in [0.4, 0.5) is 0 Å². The van der Waals surface area contributed by atoms with Gasteiger partial charge in [-0.2, -0.15) is 0 Å². The molecule has 3 heteroatoms. The summed E-state index contributed by atoms with van der Waals surface area (Å²) in [6.07, 6.45) is 0.925. The Morgan fingerprint density at radius 2 is 1.58 bits per heavy atom. The van der Waals surface area contributed by atoms with E-state index < -0.39 is 0 Å². The summed E-state index contributed by atoms with van der Waals surface area (Å²) >= 11 is 0. The van der Waals surface area contributed by atoms with E-state index in [0.29, 0.717) is 6.61 Å². The molecule has 0 amide bonds. The Kier molecular flexibility index (Phi) is 4.69. The van der Waals surface area contributed by atoms with Gasteiger partial charge >= 0.3 is 0 Å². The van der Waals surface area contributed by atoms with Gasteiger partial charge in [0.2, 0.25) is 0 Å². The van der Waals surface area contributed by atoms with E-state index in [1.54, 1.807) is 0 Å². The molecule has 0 unspecified atom stereocenters. The number of nitrogens with zero attached hydrogens (tertiary/aromatic N) is 2. The number of ether oxygens (including phenoxy) is 1. The van der Waals surface area contributed by atoms with E-state index in [1.807, 2.05) is 24.3 Å². The highest BCUT2D eigenvalue weighted by atomic mass is 16.5. The molecule has 4 aromatic rings. The lowest BCUT2D eigenvalue weighted by Gasteiger charge is -2.11. The van der Waals surface area contributed by atoms with Gasteiger partial charge in [0, 0.05) is 12.1 Å². The molecule has 0 aliphatic rings. The molecule has 1 heterocycles. The van der Waals surface area contributed by atoms with Crippen LogP contribution < -0.4 is 4.74 Å². The molecule has 26 heavy (non-hydrogen) atoms. The number of benzene rings is 3. The first-order chi connectivity index (χ1) is 12.8. The molecule has 1 aromatic heterocycles. The quantitative estimate of drug-likeness (QED) is 0.434. The molecule has 0 saturated heterocycles. The zero-order valence-corrected chi connectivity index (χ0v) is 14.9. The molecular formula is C23H22N2O. The SMILES string of the molecule is Cc1ccc(OCCCn2c(-c3ccccc3)nc3ccccc32)cc1. The molecule has 4 rings (SSSR count). The maximum Gasteiger partial charge on any atom is 0.141 e. The maximum atomic E-state index is 5.88. The highest BCUT2D eigenvalue weighted by Gasteiger charge is 2.11. The summed E-state index contributed by atoms with van der Waals surface area (Å²) in [5, 5.41) is 0. The fourth-order valence-electron chi connectivity index (χ4n) is 3.16. The minimum absolute atomic E-state index is 0.684. The van der Waals surface area contributed by atoms with Crippen molar-refractivity contribution in [3.8, 4) is 17.1 Å². The third-order valence-corrected chi connectivity index (χ3v) is 4.50. The third-order valence-electron chi connectivity index (χ3n) is 4.50. The number of fused-ring (bicyclic) bond motifs is 1. The van der Waals surface area contributed by atoms with Gasteiger partial charge in [0.1, 0.15) is 11.6 Å². The molecule has 0 bridgehead atoms. The van der Waals surface area contributed by atoms with Gasteiger partial charge in [0.15, 0.2) is 0 Å². The molecule has 0 spiro atoms. The lowest BCUT2D eigenvalue weighted by molar-refractivity contribution is 0.303. The monoisotopic (exact) mass is 342 g/mol. The van der Waals surface area contributed by atoms with Crippen molar-refractivity contribution >= 4 is 11.0 Å². The molecule has 0 fully saturated rings. The number of imidazole rings is 1. The molecule has 130 valence electrons. The van der Waals surface area contributed by atoms with Crippen LogP contribution in [0.1, 0.15) is 12.0 Å². The minimum atomic E-state index is 0.684. The Bertz CT molecular complexity index is 988. The summed E-state index contributed by atoms with van der Waals surface area (Å²) in [4.78, 5) is 4.85. The van der Waals surface area contributed by atoms with Crippen LogP contribution in [0.2, 0.25) is 0 Å². The van der Waals surface area contributed by atoms with Crippen LogP contribution in [0, 0.1) is 6.92 Å². The van der Waals surface area contributed by atoms with Crippen molar-refractivity contribution in [1.29, 1.82) is 0 Å². The Morgan fingerprint density at radius 3 is 2.38 bits per heavy atom. The van der Waals surface area contributed by atoms with E-state index in [1.165, 1.54) is 11.1 Å². The fraction of sp³-hybridized carbons (Fsp3) is 0.174. The van der Waals surface area contributed by atoms with Crippen LogP contribution in [-0.2, 0) is 6.54 Å². The van der Waals surface area contributed by atoms with E-state index in [4.69, 9.17) is 9.72 Å². The van der Waals surface area contributed by atoms with Crippen molar-refractivity contribution in [1.82, 2.24) is 9.55 Å². The average Bonchev–Trinajstić information content (AvgIpc) is 3.06. The van der Waals surface area contributed by atoms with E-state index in [-0.39, 0.29) is 0 Å². The van der Waals surface area contributed by atoms with Crippen LogP contribution in [0.5, 0.6) is 5.75 Å². The lowest BCUT2D eigenvalue weighted by atomic mass is 10.2. The Hall–Kier alpha value is -3.07. The number of para-hydroxylation sites is 2. The molecule has 0 aliphatic carbocycles. The number of aromatic nitrogens is 2.